The van der Waals surface area contributed by atoms with Crippen molar-refractivity contribution in [3.8, 4) is 11.5 Å². The van der Waals surface area contributed by atoms with Gasteiger partial charge in [-0.15, -0.1) is 0 Å². The first-order valence-electron chi connectivity index (χ1n) is 13.3. The average Bonchev–Trinajstić information content (AvgIpc) is 2.81. The number of unbranched alkanes of at least 4 members (excludes halogenated alkanes) is 2. The van der Waals surface area contributed by atoms with Gasteiger partial charge in [0.05, 0.1) is 6.10 Å². The Kier molecular flexibility index (Phi) is 9.84. The fourth-order valence-electron chi connectivity index (χ4n) is 5.31. The van der Waals surface area contributed by atoms with E-state index >= 15 is 0 Å². The first-order chi connectivity index (χ1) is 18.3. The lowest BCUT2D eigenvalue weighted by molar-refractivity contribution is -0.175. The monoisotopic (exact) mass is 564 g/mol. The number of rotatable bonds is 10. The Morgan fingerprint density at radius 1 is 1.31 bits per heavy atom. The van der Waals surface area contributed by atoms with Crippen molar-refractivity contribution in [3.63, 3.8) is 0 Å². The zero-order valence-corrected chi connectivity index (χ0v) is 24.1. The highest BCUT2D eigenvalue weighted by atomic mass is 32.2. The summed E-state index contributed by atoms with van der Waals surface area (Å²) in [5.41, 5.74) is 3.51. The van der Waals surface area contributed by atoms with Crippen molar-refractivity contribution in [1.29, 1.82) is 0 Å². The molecular weight excluding hydrogens is 524 g/mol. The maximum atomic E-state index is 12.3. The summed E-state index contributed by atoms with van der Waals surface area (Å²) in [6.45, 7) is 11.6. The summed E-state index contributed by atoms with van der Waals surface area (Å²) in [5, 5.41) is 21.3. The number of carbonyl (C=O) groups is 1. The van der Waals surface area contributed by atoms with Crippen LogP contribution in [0.25, 0.3) is 0 Å². The molecule has 5 atom stereocenters. The van der Waals surface area contributed by atoms with E-state index in [0.717, 1.165) is 43.2 Å². The fraction of sp³-hybridized carbons (Fsp3) is 0.571. The molecule has 1 amide bonds. The summed E-state index contributed by atoms with van der Waals surface area (Å²) in [6.07, 6.45) is 4.34. The Labute approximate surface area is 230 Å². The summed E-state index contributed by atoms with van der Waals surface area (Å²) in [4.78, 5) is 16.3. The minimum absolute atomic E-state index is 0.0507. The number of phenolic OH excluding ortho intramolecular Hbond substituents is 1. The Morgan fingerprint density at radius 3 is 2.56 bits per heavy atom. The smallest absolute Gasteiger partial charge is 0.390 e. The molecule has 39 heavy (non-hydrogen) atoms. The molecule has 0 saturated carbocycles. The van der Waals surface area contributed by atoms with Crippen LogP contribution in [0.4, 0.5) is 0 Å². The van der Waals surface area contributed by atoms with E-state index in [1.54, 1.807) is 6.07 Å². The molecule has 0 bridgehead atoms. The number of hydrogen-bond acceptors (Lipinski definition) is 8. The third-order valence-corrected chi connectivity index (χ3v) is 8.26. The maximum absolute atomic E-state index is 12.3. The number of phenols is 1. The number of aromatic hydroxyl groups is 1. The van der Waals surface area contributed by atoms with Crippen molar-refractivity contribution < 1.29 is 37.5 Å². The number of carbonyl (C=O) groups excluding carboxylic acids is 1. The van der Waals surface area contributed by atoms with Gasteiger partial charge >= 0.3 is 16.4 Å². The number of nitrogens with zero attached hydrogens (tertiary/aromatic N) is 2. The predicted molar refractivity (Wildman–Crippen MR) is 148 cm³/mol. The molecule has 1 aliphatic heterocycles. The Bertz CT molecular complexity index is 1250. The van der Waals surface area contributed by atoms with E-state index < -0.39 is 34.5 Å². The molecule has 1 aromatic rings. The van der Waals surface area contributed by atoms with Gasteiger partial charge in [-0.05, 0) is 70.1 Å². The minimum atomic E-state index is -4.95. The van der Waals surface area contributed by atoms with Gasteiger partial charge < -0.3 is 19.7 Å². The van der Waals surface area contributed by atoms with E-state index in [1.165, 1.54) is 19.5 Å². The van der Waals surface area contributed by atoms with Crippen LogP contribution >= 0.6 is 0 Å². The Balaban J connectivity index is 2.03. The van der Waals surface area contributed by atoms with Gasteiger partial charge in [0.15, 0.2) is 0 Å². The second kappa shape index (κ2) is 12.5. The van der Waals surface area contributed by atoms with Crippen LogP contribution in [0.5, 0.6) is 11.5 Å². The highest BCUT2D eigenvalue weighted by Gasteiger charge is 2.58. The number of ether oxygens (including phenoxy) is 2. The van der Waals surface area contributed by atoms with Crippen LogP contribution in [0.2, 0.25) is 0 Å². The lowest BCUT2D eigenvalue weighted by Crippen LogP contribution is -2.67. The lowest BCUT2D eigenvalue weighted by atomic mass is 9.73. The molecule has 1 heterocycles. The molecule has 1 fully saturated rings. The number of aryl methyl sites for hydroxylation is 1. The van der Waals surface area contributed by atoms with E-state index in [4.69, 9.17) is 9.47 Å². The van der Waals surface area contributed by atoms with Crippen molar-refractivity contribution >= 4 is 22.3 Å². The Morgan fingerprint density at radius 2 is 2.00 bits per heavy atom. The summed E-state index contributed by atoms with van der Waals surface area (Å²) in [6, 6.07) is 3.55. The largest absolute Gasteiger partial charge is 0.507 e. The molecule has 1 aromatic carbocycles. The van der Waals surface area contributed by atoms with Crippen LogP contribution in [-0.2, 0) is 26.3 Å². The molecule has 216 valence electrons. The standard InChI is InChI=1S/C28H40N2O8S/c1-7-8-9-10-19-14-22(32)25(21-13-17(4)11-12-20(21)16(2)3)23(15-19)37-28(29-6)38-27-24(18(5)31)26(33)30(27)39(34,35)36/h13-15,18,20-21,24,27,31-32H,2,7-12H2,1,3-6H3,(H,34,35,36)/b29-28+/t18-,20+,21-,24+,27?/m1/s1. The third kappa shape index (κ3) is 6.82. The summed E-state index contributed by atoms with van der Waals surface area (Å²) >= 11 is 0. The number of benzene rings is 1. The van der Waals surface area contributed by atoms with Crippen LogP contribution in [0.15, 0.2) is 40.9 Å². The quantitative estimate of drug-likeness (QED) is 0.0941. The molecule has 3 rings (SSSR count). The highest BCUT2D eigenvalue weighted by molar-refractivity contribution is 7.84. The first-order valence-corrected chi connectivity index (χ1v) is 14.7. The highest BCUT2D eigenvalue weighted by Crippen LogP contribution is 2.47. The number of β-lactam (4-membered cyclic amide) rings is 1. The maximum Gasteiger partial charge on any atom is 0.390 e. The van der Waals surface area contributed by atoms with Crippen LogP contribution in [0.1, 0.15) is 76.8 Å². The van der Waals surface area contributed by atoms with Gasteiger partial charge in [-0.2, -0.15) is 12.7 Å². The third-order valence-electron chi connectivity index (χ3n) is 7.37. The number of aliphatic hydroxyl groups excluding tert-OH is 1. The molecule has 1 saturated heterocycles. The molecule has 0 spiro atoms. The summed E-state index contributed by atoms with van der Waals surface area (Å²) in [5.74, 6) is -2.11. The second-order valence-electron chi connectivity index (χ2n) is 10.5. The lowest BCUT2D eigenvalue weighted by Gasteiger charge is -2.44. The molecule has 3 N–H and O–H groups in total. The zero-order chi connectivity index (χ0) is 29.1. The first kappa shape index (κ1) is 30.6. The number of amides is 1. The number of aliphatic imine (C=N–C) groups is 1. The van der Waals surface area contributed by atoms with Crippen molar-refractivity contribution in [1.82, 2.24) is 4.31 Å². The van der Waals surface area contributed by atoms with E-state index in [9.17, 15) is 28.0 Å². The van der Waals surface area contributed by atoms with Gasteiger partial charge in [-0.3, -0.25) is 9.35 Å². The zero-order valence-electron chi connectivity index (χ0n) is 23.3. The van der Waals surface area contributed by atoms with E-state index in [0.29, 0.717) is 12.0 Å². The molecule has 0 radical (unpaired) electrons. The van der Waals surface area contributed by atoms with Crippen LogP contribution in [-0.4, -0.2) is 58.9 Å². The Hall–Kier alpha value is -2.89. The second-order valence-corrected chi connectivity index (χ2v) is 11.8. The summed E-state index contributed by atoms with van der Waals surface area (Å²) < 4.78 is 45.0. The van der Waals surface area contributed by atoms with Crippen molar-refractivity contribution in [3.05, 3.63) is 47.1 Å². The van der Waals surface area contributed by atoms with Gasteiger partial charge in [-0.25, -0.2) is 4.99 Å². The molecule has 2 aliphatic rings. The fourth-order valence-corrected chi connectivity index (χ4v) is 6.09. The molecular formula is C28H40N2O8S. The molecule has 1 unspecified atom stereocenters. The molecule has 1 aliphatic carbocycles. The van der Waals surface area contributed by atoms with Crippen molar-refractivity contribution in [2.75, 3.05) is 7.05 Å². The average molecular weight is 565 g/mol. The molecule has 0 aromatic heterocycles. The van der Waals surface area contributed by atoms with E-state index in [2.05, 4.69) is 24.6 Å². The van der Waals surface area contributed by atoms with Gasteiger partial charge in [0.25, 0.3) is 5.91 Å². The number of allylic oxidation sites excluding steroid dienone is 3. The number of hydrogen-bond donors (Lipinski definition) is 3. The number of aliphatic hydroxyl groups is 1. The minimum Gasteiger partial charge on any atom is -0.507 e. The molecule has 11 heteroatoms. The van der Waals surface area contributed by atoms with Gasteiger partial charge in [-0.1, -0.05) is 43.6 Å². The van der Waals surface area contributed by atoms with Crippen LogP contribution in [0, 0.1) is 11.8 Å². The van der Waals surface area contributed by atoms with Gasteiger partial charge in [0, 0.05) is 18.5 Å². The van der Waals surface area contributed by atoms with Crippen LogP contribution < -0.4 is 4.74 Å². The summed E-state index contributed by atoms with van der Waals surface area (Å²) in [7, 11) is -3.59. The normalized spacial score (nSPS) is 24.6. The van der Waals surface area contributed by atoms with Crippen molar-refractivity contribution in [2.45, 2.75) is 84.5 Å². The van der Waals surface area contributed by atoms with Crippen molar-refractivity contribution in [2.24, 2.45) is 16.8 Å². The topological polar surface area (TPSA) is 146 Å². The predicted octanol–water partition coefficient (Wildman–Crippen LogP) is 4.49. The van der Waals surface area contributed by atoms with Crippen LogP contribution in [0.3, 0.4) is 0 Å². The molecule has 10 nitrogen and oxygen atoms in total. The van der Waals surface area contributed by atoms with E-state index in [-0.39, 0.29) is 33.7 Å². The SMILES string of the molecule is C=C(C)[C@@H]1CCC(C)=C[C@H]1c1c(O)cc(CCCCC)cc1O/C(=N\C)OC1[C@@H]([C@@H](C)O)C(=O)N1S(=O)(=O)O. The van der Waals surface area contributed by atoms with Gasteiger partial charge in [0.1, 0.15) is 17.4 Å². The van der Waals surface area contributed by atoms with Gasteiger partial charge in [0.2, 0.25) is 6.23 Å². The van der Waals surface area contributed by atoms with E-state index in [1.807, 2.05) is 19.9 Å².